The fraction of sp³-hybridized carbons (Fsp3) is 0.720. The number of allylic oxidation sites excluding steroid dienone is 2. The van der Waals surface area contributed by atoms with Crippen molar-refractivity contribution < 1.29 is 39.3 Å². The van der Waals surface area contributed by atoms with Gasteiger partial charge in [0.25, 0.3) is 0 Å². The van der Waals surface area contributed by atoms with Crippen LogP contribution >= 0.6 is 0 Å². The minimum atomic E-state index is -1.23. The molecule has 0 aromatic carbocycles. The molecule has 9 heteroatoms. The maximum atomic E-state index is 10.8. The maximum absolute atomic E-state index is 10.8. The fourth-order valence-corrected chi connectivity index (χ4v) is 2.81. The summed E-state index contributed by atoms with van der Waals surface area (Å²) in [7, 11) is 0. The van der Waals surface area contributed by atoms with Crippen molar-refractivity contribution in [2.24, 2.45) is 11.8 Å². The zero-order valence-electron chi connectivity index (χ0n) is 21.6. The van der Waals surface area contributed by atoms with Gasteiger partial charge in [-0.3, -0.25) is 14.4 Å². The van der Waals surface area contributed by atoms with Gasteiger partial charge in [0, 0.05) is 0 Å². The van der Waals surface area contributed by atoms with Gasteiger partial charge in [-0.15, -0.1) is 5.76 Å². The van der Waals surface area contributed by atoms with Gasteiger partial charge in [0.15, 0.2) is 5.78 Å². The van der Waals surface area contributed by atoms with Gasteiger partial charge in [0.2, 0.25) is 0 Å². The Morgan fingerprint density at radius 3 is 1.09 bits per heavy atom. The molecule has 0 bridgehead atoms. The molecular formula is C25H41AlO8. The summed E-state index contributed by atoms with van der Waals surface area (Å²) in [4.78, 5) is 52.6. The largest absolute Gasteiger partial charge is 3.00 e. The van der Waals surface area contributed by atoms with Gasteiger partial charge in [-0.25, -0.2) is 0 Å². The first-order valence-electron chi connectivity index (χ1n) is 11.6. The van der Waals surface area contributed by atoms with Crippen LogP contribution in [-0.2, 0) is 24.0 Å². The second-order valence-corrected chi connectivity index (χ2v) is 8.03. The molecule has 0 saturated carbocycles. The van der Waals surface area contributed by atoms with Crippen molar-refractivity contribution in [2.45, 2.75) is 106 Å². The van der Waals surface area contributed by atoms with E-state index in [9.17, 15) is 39.3 Å². The third-order valence-electron chi connectivity index (χ3n) is 4.65. The first-order chi connectivity index (χ1) is 15.3. The van der Waals surface area contributed by atoms with Gasteiger partial charge in [-0.1, -0.05) is 72.1 Å². The summed E-state index contributed by atoms with van der Waals surface area (Å²) >= 11 is 0. The molecule has 0 N–H and O–H groups in total. The van der Waals surface area contributed by atoms with E-state index in [-0.39, 0.29) is 40.5 Å². The molecule has 0 aromatic rings. The summed E-state index contributed by atoms with van der Waals surface area (Å²) in [5.74, 6) is -5.21. The Kier molecular flexibility index (Phi) is 29.6. The van der Waals surface area contributed by atoms with Crippen LogP contribution in [0.25, 0.3) is 0 Å². The quantitative estimate of drug-likeness (QED) is 0.108. The van der Waals surface area contributed by atoms with Crippen LogP contribution in [0, 0.1) is 11.8 Å². The molecule has 8 nitrogen and oxygen atoms in total. The minimum absolute atomic E-state index is 0. The van der Waals surface area contributed by atoms with Gasteiger partial charge >= 0.3 is 17.4 Å². The predicted octanol–water partition coefficient (Wildman–Crippen LogP) is 1.28. The number of rotatable bonds is 15. The molecule has 0 aliphatic heterocycles. The third-order valence-corrected chi connectivity index (χ3v) is 4.65. The van der Waals surface area contributed by atoms with E-state index in [1.807, 2.05) is 0 Å². The van der Waals surface area contributed by atoms with Gasteiger partial charge in [0.05, 0.1) is 23.8 Å². The summed E-state index contributed by atoms with van der Waals surface area (Å²) in [5.41, 5.74) is 0. The van der Waals surface area contributed by atoms with E-state index in [4.69, 9.17) is 0 Å². The van der Waals surface area contributed by atoms with Crippen molar-refractivity contribution in [3.05, 3.63) is 11.8 Å². The first-order valence-corrected chi connectivity index (χ1v) is 11.6. The number of carboxylic acid groups (broad SMARTS) is 2. The molecule has 0 fully saturated rings. The van der Waals surface area contributed by atoms with Crippen molar-refractivity contribution in [3.8, 4) is 0 Å². The second kappa shape index (κ2) is 25.6. The summed E-state index contributed by atoms with van der Waals surface area (Å²) in [5, 5.41) is 30.9. The molecule has 0 radical (unpaired) electrons. The van der Waals surface area contributed by atoms with Crippen LogP contribution in [0.5, 0.6) is 0 Å². The van der Waals surface area contributed by atoms with Crippen LogP contribution in [0.3, 0.4) is 0 Å². The van der Waals surface area contributed by atoms with Crippen LogP contribution < -0.4 is 15.3 Å². The number of unbranched alkanes of at least 4 members (excludes halogenated alkanes) is 6. The van der Waals surface area contributed by atoms with Crippen LogP contribution in [-0.4, -0.2) is 46.6 Å². The molecule has 2 unspecified atom stereocenters. The molecule has 0 rings (SSSR count). The molecule has 0 aromatic heterocycles. The van der Waals surface area contributed by atoms with Gasteiger partial charge < -0.3 is 24.9 Å². The molecule has 0 spiro atoms. The van der Waals surface area contributed by atoms with Crippen LogP contribution in [0.2, 0.25) is 0 Å². The van der Waals surface area contributed by atoms with E-state index in [1.54, 1.807) is 0 Å². The Bertz CT molecular complexity index is 556. The minimum Gasteiger partial charge on any atom is -0.876 e. The summed E-state index contributed by atoms with van der Waals surface area (Å²) in [6.07, 6.45) is 9.90. The summed E-state index contributed by atoms with van der Waals surface area (Å²) in [6.45, 7) is 9.48. The SMILES string of the molecule is CC(=O)/C=C(/C)[O-].CCCCCCC(C(C)=O)C(=O)[O-].CCCCCCC(C(C)=O)C(=O)[O-].[Al+3]. The Hall–Kier alpha value is -1.98. The Balaban J connectivity index is -0.000000205. The maximum Gasteiger partial charge on any atom is 3.00 e. The standard InChI is InChI=1S/2C10H18O3.C5H8O2.Al/c2*1-3-4-5-6-7-9(8(2)11)10(12)13;1-4(6)3-5(2)7;/h2*9H,3-7H2,1-2H3,(H,12,13);3,6H,1-2H3;/q;;;+3/p-3/b;;4-3-;. The number of hydrogen-bond acceptors (Lipinski definition) is 8. The van der Waals surface area contributed by atoms with Crippen LogP contribution in [0.4, 0.5) is 0 Å². The summed E-state index contributed by atoms with van der Waals surface area (Å²) in [6, 6.07) is 0. The molecule has 34 heavy (non-hydrogen) atoms. The third kappa shape index (κ3) is 28.1. The number of carbonyl (C=O) groups is 5. The van der Waals surface area contributed by atoms with Gasteiger partial charge in [0.1, 0.15) is 11.6 Å². The average Bonchev–Trinajstić information content (AvgIpc) is 2.66. The van der Waals surface area contributed by atoms with Crippen molar-refractivity contribution in [2.75, 3.05) is 0 Å². The molecular weight excluding hydrogens is 455 g/mol. The Morgan fingerprint density at radius 1 is 0.618 bits per heavy atom. The molecule has 0 aliphatic rings. The zero-order valence-corrected chi connectivity index (χ0v) is 22.8. The molecule has 0 aliphatic carbocycles. The van der Waals surface area contributed by atoms with Crippen molar-refractivity contribution >= 4 is 46.6 Å². The normalized spacial score (nSPS) is 11.9. The Labute approximate surface area is 215 Å². The topological polar surface area (TPSA) is 155 Å². The first kappa shape index (κ1) is 39.2. The number of carboxylic acids is 2. The van der Waals surface area contributed by atoms with Gasteiger partial charge in [-0.05, 0) is 39.7 Å². The van der Waals surface area contributed by atoms with Crippen LogP contribution in [0.1, 0.15) is 106 Å². The number of carbonyl (C=O) groups excluding carboxylic acids is 5. The van der Waals surface area contributed by atoms with Crippen LogP contribution in [0.15, 0.2) is 11.8 Å². The smallest absolute Gasteiger partial charge is 0.876 e. The number of aliphatic carboxylic acids is 2. The van der Waals surface area contributed by atoms with Gasteiger partial charge in [-0.2, -0.15) is 0 Å². The second-order valence-electron chi connectivity index (χ2n) is 8.03. The average molecular weight is 497 g/mol. The number of hydrogen-bond donors (Lipinski definition) is 0. The zero-order chi connectivity index (χ0) is 26.4. The fourth-order valence-electron chi connectivity index (χ4n) is 2.81. The van der Waals surface area contributed by atoms with E-state index in [0.29, 0.717) is 12.8 Å². The summed E-state index contributed by atoms with van der Waals surface area (Å²) < 4.78 is 0. The van der Waals surface area contributed by atoms with E-state index in [0.717, 1.165) is 57.4 Å². The van der Waals surface area contributed by atoms with Crippen molar-refractivity contribution in [3.63, 3.8) is 0 Å². The molecule has 0 amide bonds. The monoisotopic (exact) mass is 496 g/mol. The Morgan fingerprint density at radius 2 is 0.941 bits per heavy atom. The van der Waals surface area contributed by atoms with Crippen molar-refractivity contribution in [1.29, 1.82) is 0 Å². The molecule has 192 valence electrons. The van der Waals surface area contributed by atoms with E-state index in [2.05, 4.69) is 13.8 Å². The molecule has 2 atom stereocenters. The van der Waals surface area contributed by atoms with Crippen molar-refractivity contribution in [1.82, 2.24) is 0 Å². The number of Topliss-reactive ketones (excluding diaryl/α,β-unsaturated/α-hetero) is 2. The number of ketones is 3. The molecule has 0 heterocycles. The van der Waals surface area contributed by atoms with E-state index < -0.39 is 23.8 Å². The predicted molar refractivity (Wildman–Crippen MR) is 126 cm³/mol. The van der Waals surface area contributed by atoms with E-state index in [1.165, 1.54) is 27.7 Å². The van der Waals surface area contributed by atoms with E-state index >= 15 is 0 Å². The molecule has 0 saturated heterocycles.